The van der Waals surface area contributed by atoms with Gasteiger partial charge < -0.3 is 15.1 Å². The summed E-state index contributed by atoms with van der Waals surface area (Å²) in [7, 11) is 2.04. The minimum atomic E-state index is -0.320. The third-order valence-electron chi connectivity index (χ3n) is 5.39. The molecule has 4 rings (SSSR count). The lowest BCUT2D eigenvalue weighted by molar-refractivity contribution is 0.0651. The highest BCUT2D eigenvalue weighted by Gasteiger charge is 2.27. The Morgan fingerprint density at radius 1 is 1.03 bits per heavy atom. The molecule has 1 N–H and O–H groups in total. The molecule has 7 nitrogen and oxygen atoms in total. The Bertz CT molecular complexity index is 1080. The van der Waals surface area contributed by atoms with E-state index in [4.69, 9.17) is 0 Å². The molecule has 0 atom stereocenters. The second kappa shape index (κ2) is 7.67. The van der Waals surface area contributed by atoms with Gasteiger partial charge in [-0.25, -0.2) is 4.98 Å². The lowest BCUT2D eigenvalue weighted by Crippen LogP contribution is -2.47. The molecule has 150 valence electrons. The molecule has 0 radical (unpaired) electrons. The van der Waals surface area contributed by atoms with Crippen LogP contribution in [0.4, 0.5) is 5.69 Å². The van der Waals surface area contributed by atoms with Crippen molar-refractivity contribution in [2.24, 2.45) is 0 Å². The minimum Gasteiger partial charge on any atom is -0.333 e. The number of nitrogens with one attached hydrogen (secondary N) is 1. The van der Waals surface area contributed by atoms with Crippen LogP contribution in [0.5, 0.6) is 0 Å². The van der Waals surface area contributed by atoms with E-state index in [1.54, 1.807) is 15.5 Å². The molecule has 2 amide bonds. The summed E-state index contributed by atoms with van der Waals surface area (Å²) in [5, 5.41) is 2.95. The Morgan fingerprint density at radius 2 is 1.79 bits per heavy atom. The van der Waals surface area contributed by atoms with Gasteiger partial charge in [0, 0.05) is 38.1 Å². The molecule has 1 fully saturated rings. The highest BCUT2D eigenvalue weighted by atomic mass is 16.2. The second-order valence-electron chi connectivity index (χ2n) is 7.61. The van der Waals surface area contributed by atoms with Gasteiger partial charge in [0.15, 0.2) is 5.69 Å². The minimum absolute atomic E-state index is 0.148. The van der Waals surface area contributed by atoms with Crippen LogP contribution in [0.15, 0.2) is 42.6 Å². The Morgan fingerprint density at radius 3 is 2.55 bits per heavy atom. The molecular formula is C22H25N5O2. The lowest BCUT2D eigenvalue weighted by atomic mass is 10.1. The van der Waals surface area contributed by atoms with Gasteiger partial charge in [-0.15, -0.1) is 0 Å². The van der Waals surface area contributed by atoms with Gasteiger partial charge >= 0.3 is 0 Å². The Labute approximate surface area is 169 Å². The van der Waals surface area contributed by atoms with Crippen LogP contribution in [0.25, 0.3) is 5.52 Å². The number of carbonyl (C=O) groups is 2. The molecule has 0 unspecified atom stereocenters. The number of hydrogen-bond donors (Lipinski definition) is 1. The maximum atomic E-state index is 13.1. The van der Waals surface area contributed by atoms with Crippen LogP contribution in [-0.2, 0) is 0 Å². The van der Waals surface area contributed by atoms with Crippen molar-refractivity contribution in [2.45, 2.75) is 13.8 Å². The number of fused-ring (bicyclic) bond motifs is 1. The van der Waals surface area contributed by atoms with Crippen LogP contribution in [-0.4, -0.2) is 64.2 Å². The summed E-state index contributed by atoms with van der Waals surface area (Å²) in [4.78, 5) is 34.6. The maximum Gasteiger partial charge on any atom is 0.290 e. The third kappa shape index (κ3) is 3.73. The van der Waals surface area contributed by atoms with Crippen molar-refractivity contribution in [1.82, 2.24) is 19.2 Å². The average molecular weight is 391 g/mol. The highest BCUT2D eigenvalue weighted by molar-refractivity contribution is 6.09. The first-order valence-corrected chi connectivity index (χ1v) is 9.77. The number of carbonyl (C=O) groups excluding carboxylic acids is 2. The average Bonchev–Trinajstić information content (AvgIpc) is 3.10. The topological polar surface area (TPSA) is 70.0 Å². The largest absolute Gasteiger partial charge is 0.333 e. The van der Waals surface area contributed by atoms with E-state index in [9.17, 15) is 9.59 Å². The van der Waals surface area contributed by atoms with Crippen LogP contribution in [0.1, 0.15) is 32.2 Å². The van der Waals surface area contributed by atoms with E-state index in [1.807, 2.05) is 57.3 Å². The number of likely N-dealkylation sites (N-methyl/N-ethyl adjacent to an activating group) is 1. The Hall–Kier alpha value is -3.19. The fourth-order valence-corrected chi connectivity index (χ4v) is 3.56. The van der Waals surface area contributed by atoms with Crippen LogP contribution in [0.2, 0.25) is 0 Å². The van der Waals surface area contributed by atoms with E-state index in [2.05, 4.69) is 15.2 Å². The van der Waals surface area contributed by atoms with Gasteiger partial charge in [0.05, 0.1) is 5.52 Å². The number of aromatic nitrogens is 2. The first-order chi connectivity index (χ1) is 13.9. The molecule has 1 saturated heterocycles. The molecule has 29 heavy (non-hydrogen) atoms. The summed E-state index contributed by atoms with van der Waals surface area (Å²) < 4.78 is 1.71. The van der Waals surface area contributed by atoms with E-state index in [1.165, 1.54) is 0 Å². The van der Waals surface area contributed by atoms with Gasteiger partial charge in [-0.2, -0.15) is 0 Å². The number of nitrogens with zero attached hydrogens (tertiary/aromatic N) is 4. The summed E-state index contributed by atoms with van der Waals surface area (Å²) in [6, 6.07) is 11.4. The Kier molecular flexibility index (Phi) is 5.07. The zero-order valence-electron chi connectivity index (χ0n) is 17.0. The number of pyridine rings is 1. The molecule has 0 bridgehead atoms. The van der Waals surface area contributed by atoms with Crippen molar-refractivity contribution in [1.29, 1.82) is 0 Å². The van der Waals surface area contributed by atoms with Gasteiger partial charge in [-0.05, 0) is 50.2 Å². The standard InChI is InChI=1S/C22H25N5O2/c1-15-7-8-16(2)17(14-15)23-21(28)19-18-6-4-5-9-27(18)20(24-19)22(29)26-12-10-25(3)11-13-26/h4-9,14H,10-13H2,1-3H3,(H,23,28). The molecule has 0 spiro atoms. The van der Waals surface area contributed by atoms with Crippen molar-refractivity contribution >= 4 is 23.0 Å². The van der Waals surface area contributed by atoms with Crippen LogP contribution in [0.3, 0.4) is 0 Å². The first-order valence-electron chi connectivity index (χ1n) is 9.77. The SMILES string of the molecule is Cc1ccc(C)c(NC(=O)c2nc(C(=O)N3CCN(C)CC3)n3ccccc23)c1. The van der Waals surface area contributed by atoms with Crippen molar-refractivity contribution in [3.05, 3.63) is 65.2 Å². The van der Waals surface area contributed by atoms with Crippen LogP contribution in [0, 0.1) is 13.8 Å². The summed E-state index contributed by atoms with van der Waals surface area (Å²) in [5.74, 6) is -0.193. The van der Waals surface area contributed by atoms with Gasteiger partial charge in [0.2, 0.25) is 5.82 Å². The Balaban J connectivity index is 1.68. The third-order valence-corrected chi connectivity index (χ3v) is 5.39. The zero-order valence-corrected chi connectivity index (χ0v) is 17.0. The van der Waals surface area contributed by atoms with E-state index >= 15 is 0 Å². The van der Waals surface area contributed by atoms with Crippen molar-refractivity contribution < 1.29 is 9.59 Å². The molecule has 3 heterocycles. The summed E-state index contributed by atoms with van der Waals surface area (Å²) in [5.41, 5.74) is 3.66. The van der Waals surface area contributed by atoms with Crippen LogP contribution < -0.4 is 5.32 Å². The van der Waals surface area contributed by atoms with Gasteiger partial charge in [0.1, 0.15) is 0 Å². The highest BCUT2D eigenvalue weighted by Crippen LogP contribution is 2.20. The van der Waals surface area contributed by atoms with Crippen molar-refractivity contribution in [3.63, 3.8) is 0 Å². The molecule has 1 aliphatic rings. The summed E-state index contributed by atoms with van der Waals surface area (Å²) in [6.07, 6.45) is 1.78. The number of aryl methyl sites for hydroxylation is 2. The van der Waals surface area contributed by atoms with Crippen LogP contribution >= 0.6 is 0 Å². The van der Waals surface area contributed by atoms with Crippen molar-refractivity contribution in [2.75, 3.05) is 38.5 Å². The van der Waals surface area contributed by atoms with E-state index in [0.29, 0.717) is 18.6 Å². The lowest BCUT2D eigenvalue weighted by Gasteiger charge is -2.31. The first kappa shape index (κ1) is 19.1. The summed E-state index contributed by atoms with van der Waals surface area (Å²) >= 11 is 0. The van der Waals surface area contributed by atoms with Gasteiger partial charge in [-0.1, -0.05) is 18.2 Å². The summed E-state index contributed by atoms with van der Waals surface area (Å²) in [6.45, 7) is 6.89. The predicted octanol–water partition coefficient (Wildman–Crippen LogP) is 2.59. The maximum absolute atomic E-state index is 13.1. The molecule has 7 heteroatoms. The molecule has 0 saturated carbocycles. The number of anilines is 1. The fourth-order valence-electron chi connectivity index (χ4n) is 3.56. The molecule has 1 aliphatic heterocycles. The van der Waals surface area contributed by atoms with Gasteiger partial charge in [0.25, 0.3) is 11.8 Å². The van der Waals surface area contributed by atoms with Gasteiger partial charge in [-0.3, -0.25) is 14.0 Å². The smallest absolute Gasteiger partial charge is 0.290 e. The number of hydrogen-bond acceptors (Lipinski definition) is 4. The monoisotopic (exact) mass is 391 g/mol. The number of benzene rings is 1. The van der Waals surface area contributed by atoms with E-state index < -0.39 is 0 Å². The number of rotatable bonds is 3. The molecular weight excluding hydrogens is 366 g/mol. The predicted molar refractivity (Wildman–Crippen MR) is 112 cm³/mol. The fraction of sp³-hybridized carbons (Fsp3) is 0.318. The van der Waals surface area contributed by atoms with Crippen molar-refractivity contribution in [3.8, 4) is 0 Å². The van der Waals surface area contributed by atoms with E-state index in [-0.39, 0.29) is 23.3 Å². The molecule has 2 aromatic heterocycles. The normalized spacial score (nSPS) is 14.9. The second-order valence-corrected chi connectivity index (χ2v) is 7.61. The number of imidazole rings is 1. The molecule has 0 aliphatic carbocycles. The molecule has 1 aromatic carbocycles. The number of amides is 2. The number of piperazine rings is 1. The molecule has 3 aromatic rings. The zero-order chi connectivity index (χ0) is 20.5. The quantitative estimate of drug-likeness (QED) is 0.745. The van der Waals surface area contributed by atoms with E-state index in [0.717, 1.165) is 29.9 Å².